The maximum Gasteiger partial charge on any atom is 0.243 e. The fraction of sp³-hybridized carbons (Fsp3) is 0.650. The van der Waals surface area contributed by atoms with Crippen LogP contribution in [0.4, 0.5) is 0 Å². The smallest absolute Gasteiger partial charge is 0.243 e. The van der Waals surface area contributed by atoms with Gasteiger partial charge in [0.25, 0.3) is 0 Å². The van der Waals surface area contributed by atoms with Gasteiger partial charge in [-0.05, 0) is 42.4 Å². The van der Waals surface area contributed by atoms with E-state index in [9.17, 15) is 13.2 Å². The van der Waals surface area contributed by atoms with Crippen molar-refractivity contribution < 1.29 is 13.2 Å². The first-order chi connectivity index (χ1) is 12.2. The first kappa shape index (κ1) is 20.9. The Morgan fingerprint density at radius 3 is 2.23 bits per heavy atom. The van der Waals surface area contributed by atoms with Crippen LogP contribution in [0.1, 0.15) is 58.9 Å². The van der Waals surface area contributed by atoms with Crippen LogP contribution < -0.4 is 5.32 Å². The molecule has 1 fully saturated rings. The first-order valence-corrected chi connectivity index (χ1v) is 11.0. The molecule has 0 radical (unpaired) electrons. The van der Waals surface area contributed by atoms with Gasteiger partial charge in [-0.3, -0.25) is 4.79 Å². The molecule has 1 saturated heterocycles. The lowest BCUT2D eigenvalue weighted by Crippen LogP contribution is -2.43. The largest absolute Gasteiger partial charge is 0.356 e. The number of nitrogens with zero attached hydrogens (tertiary/aromatic N) is 1. The van der Waals surface area contributed by atoms with Gasteiger partial charge in [0.05, 0.1) is 4.90 Å². The number of piperidine rings is 1. The van der Waals surface area contributed by atoms with Gasteiger partial charge in [0, 0.05) is 25.6 Å². The monoisotopic (exact) mass is 380 g/mol. The Hall–Kier alpha value is -1.40. The van der Waals surface area contributed by atoms with Gasteiger partial charge in [-0.2, -0.15) is 4.31 Å². The van der Waals surface area contributed by atoms with Crippen molar-refractivity contribution in [2.24, 2.45) is 5.92 Å². The number of hydrogen-bond acceptors (Lipinski definition) is 3. The third kappa shape index (κ3) is 5.07. The van der Waals surface area contributed by atoms with Crippen LogP contribution in [-0.4, -0.2) is 38.3 Å². The summed E-state index contributed by atoms with van der Waals surface area (Å²) in [4.78, 5) is 12.5. The Labute approximate surface area is 158 Å². The molecule has 1 aromatic carbocycles. The molecular formula is C20H32N2O3S. The van der Waals surface area contributed by atoms with Gasteiger partial charge in [0.1, 0.15) is 0 Å². The van der Waals surface area contributed by atoms with E-state index in [1.54, 1.807) is 12.1 Å². The van der Waals surface area contributed by atoms with Gasteiger partial charge < -0.3 is 5.32 Å². The predicted molar refractivity (Wildman–Crippen MR) is 105 cm³/mol. The Morgan fingerprint density at radius 1 is 1.15 bits per heavy atom. The lowest BCUT2D eigenvalue weighted by molar-refractivity contribution is -0.126. The van der Waals surface area contributed by atoms with Crippen molar-refractivity contribution in [3.63, 3.8) is 0 Å². The Balaban J connectivity index is 1.98. The maximum absolute atomic E-state index is 12.9. The van der Waals surface area contributed by atoms with Crippen LogP contribution in [-0.2, 0) is 20.2 Å². The summed E-state index contributed by atoms with van der Waals surface area (Å²) in [5.41, 5.74) is 1.10. The standard InChI is InChI=1S/C20H32N2O3S/c1-5-6-13-21-19(23)16-11-14-22(15-12-16)26(24,25)18-9-7-17(8-10-18)20(2,3)4/h7-10,16H,5-6,11-15H2,1-4H3,(H,21,23). The summed E-state index contributed by atoms with van der Waals surface area (Å²) in [6, 6.07) is 7.17. The van der Waals surface area contributed by atoms with Crippen molar-refractivity contribution in [3.05, 3.63) is 29.8 Å². The van der Waals surface area contributed by atoms with Crippen molar-refractivity contribution in [1.29, 1.82) is 0 Å². The van der Waals surface area contributed by atoms with E-state index < -0.39 is 10.0 Å². The fourth-order valence-electron chi connectivity index (χ4n) is 3.17. The molecule has 1 heterocycles. The summed E-state index contributed by atoms with van der Waals surface area (Å²) in [6.45, 7) is 9.90. The minimum Gasteiger partial charge on any atom is -0.356 e. The highest BCUT2D eigenvalue weighted by Gasteiger charge is 2.32. The van der Waals surface area contributed by atoms with E-state index in [0.717, 1.165) is 18.4 Å². The van der Waals surface area contributed by atoms with Crippen LogP contribution >= 0.6 is 0 Å². The Morgan fingerprint density at radius 2 is 1.73 bits per heavy atom. The number of benzene rings is 1. The summed E-state index contributed by atoms with van der Waals surface area (Å²) in [7, 11) is -3.49. The highest BCUT2D eigenvalue weighted by Crippen LogP contribution is 2.27. The van der Waals surface area contributed by atoms with Crippen LogP contribution in [0.15, 0.2) is 29.2 Å². The molecule has 0 unspecified atom stereocenters. The molecule has 146 valence electrons. The molecule has 1 amide bonds. The van der Waals surface area contributed by atoms with Crippen LogP contribution in [0, 0.1) is 5.92 Å². The van der Waals surface area contributed by atoms with Crippen LogP contribution in [0.2, 0.25) is 0 Å². The van der Waals surface area contributed by atoms with E-state index in [0.29, 0.717) is 37.4 Å². The summed E-state index contributed by atoms with van der Waals surface area (Å²) >= 11 is 0. The minimum absolute atomic E-state index is 0.00816. The number of sulfonamides is 1. The molecule has 0 aliphatic carbocycles. The quantitative estimate of drug-likeness (QED) is 0.770. The second-order valence-electron chi connectivity index (χ2n) is 8.10. The lowest BCUT2D eigenvalue weighted by Gasteiger charge is -2.30. The average molecular weight is 381 g/mol. The SMILES string of the molecule is CCCCNC(=O)C1CCN(S(=O)(=O)c2ccc(C(C)(C)C)cc2)CC1. The van der Waals surface area contributed by atoms with E-state index in [2.05, 4.69) is 33.0 Å². The van der Waals surface area contributed by atoms with Crippen LogP contribution in [0.25, 0.3) is 0 Å². The zero-order chi connectivity index (χ0) is 19.4. The van der Waals surface area contributed by atoms with Crippen molar-refractivity contribution in [2.75, 3.05) is 19.6 Å². The Bertz CT molecular complexity index is 698. The summed E-state index contributed by atoms with van der Waals surface area (Å²) in [5, 5.41) is 2.95. The summed E-state index contributed by atoms with van der Waals surface area (Å²) in [5.74, 6) is -0.0217. The highest BCUT2D eigenvalue weighted by atomic mass is 32.2. The van der Waals surface area contributed by atoms with Crippen molar-refractivity contribution in [2.45, 2.75) is 63.7 Å². The number of carbonyl (C=O) groups is 1. The maximum atomic E-state index is 12.9. The first-order valence-electron chi connectivity index (χ1n) is 9.54. The lowest BCUT2D eigenvalue weighted by atomic mass is 9.87. The summed E-state index contributed by atoms with van der Waals surface area (Å²) < 4.78 is 27.2. The van der Waals surface area contributed by atoms with E-state index in [4.69, 9.17) is 0 Å². The van der Waals surface area contributed by atoms with Gasteiger partial charge in [0.15, 0.2) is 0 Å². The summed E-state index contributed by atoms with van der Waals surface area (Å²) in [6.07, 6.45) is 3.18. The normalized spacial score (nSPS) is 17.2. The number of carbonyl (C=O) groups excluding carboxylic acids is 1. The average Bonchev–Trinajstić information content (AvgIpc) is 2.61. The topological polar surface area (TPSA) is 66.5 Å². The molecule has 6 heteroatoms. The number of hydrogen-bond donors (Lipinski definition) is 1. The molecule has 1 aliphatic heterocycles. The molecule has 1 N–H and O–H groups in total. The van der Waals surface area contributed by atoms with E-state index in [-0.39, 0.29) is 17.2 Å². The van der Waals surface area contributed by atoms with Gasteiger partial charge in [-0.15, -0.1) is 0 Å². The molecule has 0 aromatic heterocycles. The molecule has 0 bridgehead atoms. The number of rotatable bonds is 6. The second kappa shape index (κ2) is 8.53. The Kier molecular flexibility index (Phi) is 6.86. The predicted octanol–water partition coefficient (Wildman–Crippen LogP) is 3.30. The molecule has 0 atom stereocenters. The third-order valence-electron chi connectivity index (χ3n) is 5.01. The van der Waals surface area contributed by atoms with Crippen LogP contribution in [0.5, 0.6) is 0 Å². The highest BCUT2D eigenvalue weighted by molar-refractivity contribution is 7.89. The molecule has 1 aromatic rings. The van der Waals surface area contributed by atoms with Gasteiger partial charge in [0.2, 0.25) is 15.9 Å². The molecule has 5 nitrogen and oxygen atoms in total. The number of nitrogens with one attached hydrogen (secondary N) is 1. The zero-order valence-electron chi connectivity index (χ0n) is 16.4. The van der Waals surface area contributed by atoms with Crippen molar-refractivity contribution >= 4 is 15.9 Å². The molecule has 0 spiro atoms. The van der Waals surface area contributed by atoms with Gasteiger partial charge in [-0.1, -0.05) is 46.2 Å². The second-order valence-corrected chi connectivity index (χ2v) is 10.0. The third-order valence-corrected chi connectivity index (χ3v) is 6.93. The van der Waals surface area contributed by atoms with Gasteiger partial charge >= 0.3 is 0 Å². The van der Waals surface area contributed by atoms with Crippen molar-refractivity contribution in [1.82, 2.24) is 9.62 Å². The van der Waals surface area contributed by atoms with Gasteiger partial charge in [-0.25, -0.2) is 8.42 Å². The van der Waals surface area contributed by atoms with E-state index in [1.165, 1.54) is 4.31 Å². The molecule has 1 aliphatic rings. The zero-order valence-corrected chi connectivity index (χ0v) is 17.2. The minimum atomic E-state index is -3.49. The molecule has 26 heavy (non-hydrogen) atoms. The fourth-order valence-corrected chi connectivity index (χ4v) is 4.64. The van der Waals surface area contributed by atoms with Crippen LogP contribution in [0.3, 0.4) is 0 Å². The number of unbranched alkanes of at least 4 members (excludes halogenated alkanes) is 1. The van der Waals surface area contributed by atoms with Crippen molar-refractivity contribution in [3.8, 4) is 0 Å². The molecule has 0 saturated carbocycles. The van der Waals surface area contributed by atoms with E-state index in [1.807, 2.05) is 12.1 Å². The number of amides is 1. The molecular weight excluding hydrogens is 348 g/mol. The molecule has 2 rings (SSSR count). The van der Waals surface area contributed by atoms with E-state index >= 15 is 0 Å².